The Morgan fingerprint density at radius 3 is 2.67 bits per heavy atom. The Bertz CT molecular complexity index is 529. The van der Waals surface area contributed by atoms with Gasteiger partial charge in [0.25, 0.3) is 5.69 Å². The maximum Gasteiger partial charge on any atom is 0.273 e. The van der Waals surface area contributed by atoms with Gasteiger partial charge in [0.15, 0.2) is 0 Å². The van der Waals surface area contributed by atoms with Gasteiger partial charge in [0.05, 0.1) is 10.8 Å². The van der Waals surface area contributed by atoms with Crippen molar-refractivity contribution in [3.05, 3.63) is 33.9 Å². The Labute approximate surface area is 130 Å². The third-order valence-corrected chi connectivity index (χ3v) is 5.27. The summed E-state index contributed by atoms with van der Waals surface area (Å²) in [5.41, 5.74) is 1.85. The van der Waals surface area contributed by atoms with Crippen LogP contribution in [0.4, 0.5) is 11.4 Å². The molecule has 0 radical (unpaired) electrons. The number of nitrogens with zero attached hydrogens (tertiary/aromatic N) is 2. The SMILES string of the molecule is O=[N+]([O-])c1ccc(N2CCCC2C2CCCC2)cc1CCl. The Kier molecular flexibility index (Phi) is 4.34. The van der Waals surface area contributed by atoms with Crippen LogP contribution in [0.1, 0.15) is 44.1 Å². The fourth-order valence-corrected chi connectivity index (χ4v) is 4.20. The van der Waals surface area contributed by atoms with Gasteiger partial charge in [0.2, 0.25) is 0 Å². The van der Waals surface area contributed by atoms with Crippen molar-refractivity contribution in [3.63, 3.8) is 0 Å². The summed E-state index contributed by atoms with van der Waals surface area (Å²) < 4.78 is 0. The number of hydrogen-bond donors (Lipinski definition) is 0. The van der Waals surface area contributed by atoms with Gasteiger partial charge in [-0.3, -0.25) is 10.1 Å². The third kappa shape index (κ3) is 2.86. The first-order valence-electron chi connectivity index (χ1n) is 7.80. The van der Waals surface area contributed by atoms with Crippen LogP contribution < -0.4 is 4.90 Å². The number of alkyl halides is 1. The maximum atomic E-state index is 11.0. The molecule has 1 aliphatic heterocycles. The summed E-state index contributed by atoms with van der Waals surface area (Å²) in [4.78, 5) is 13.1. The van der Waals surface area contributed by atoms with Crippen molar-refractivity contribution in [2.45, 2.75) is 50.4 Å². The van der Waals surface area contributed by atoms with Crippen molar-refractivity contribution in [3.8, 4) is 0 Å². The first-order chi connectivity index (χ1) is 10.2. The first-order valence-corrected chi connectivity index (χ1v) is 8.34. The number of nitro groups is 1. The molecular weight excluding hydrogens is 288 g/mol. The Morgan fingerprint density at radius 2 is 2.00 bits per heavy atom. The van der Waals surface area contributed by atoms with Crippen molar-refractivity contribution in [1.29, 1.82) is 0 Å². The summed E-state index contributed by atoms with van der Waals surface area (Å²) in [7, 11) is 0. The quantitative estimate of drug-likeness (QED) is 0.467. The van der Waals surface area contributed by atoms with Crippen LogP contribution >= 0.6 is 11.6 Å². The minimum absolute atomic E-state index is 0.130. The molecule has 0 bridgehead atoms. The van der Waals surface area contributed by atoms with Crippen LogP contribution in [-0.2, 0) is 5.88 Å². The molecule has 1 atom stereocenters. The zero-order valence-electron chi connectivity index (χ0n) is 12.1. The molecule has 4 nitrogen and oxygen atoms in total. The molecule has 1 aliphatic carbocycles. The molecule has 3 rings (SSSR count). The number of hydrogen-bond acceptors (Lipinski definition) is 3. The fourth-order valence-electron chi connectivity index (χ4n) is 3.98. The molecule has 1 heterocycles. The molecule has 1 aromatic rings. The zero-order chi connectivity index (χ0) is 14.8. The molecular formula is C16H21ClN2O2. The molecule has 0 amide bonds. The van der Waals surface area contributed by atoms with Crippen LogP contribution in [0.5, 0.6) is 0 Å². The van der Waals surface area contributed by atoms with E-state index in [1.54, 1.807) is 6.07 Å². The van der Waals surface area contributed by atoms with Gasteiger partial charge in [-0.2, -0.15) is 0 Å². The fraction of sp³-hybridized carbons (Fsp3) is 0.625. The summed E-state index contributed by atoms with van der Waals surface area (Å²) in [5, 5.41) is 11.0. The largest absolute Gasteiger partial charge is 0.368 e. The van der Waals surface area contributed by atoms with E-state index in [-0.39, 0.29) is 16.5 Å². The molecule has 0 N–H and O–H groups in total. The van der Waals surface area contributed by atoms with E-state index < -0.39 is 0 Å². The van der Waals surface area contributed by atoms with Gasteiger partial charge in [0.1, 0.15) is 0 Å². The van der Waals surface area contributed by atoms with Crippen LogP contribution in [0.15, 0.2) is 18.2 Å². The molecule has 0 spiro atoms. The monoisotopic (exact) mass is 308 g/mol. The van der Waals surface area contributed by atoms with E-state index in [0.717, 1.165) is 18.2 Å². The van der Waals surface area contributed by atoms with Gasteiger partial charge < -0.3 is 4.90 Å². The van der Waals surface area contributed by atoms with Gasteiger partial charge in [0, 0.05) is 29.9 Å². The van der Waals surface area contributed by atoms with Gasteiger partial charge in [-0.15, -0.1) is 11.6 Å². The van der Waals surface area contributed by atoms with E-state index >= 15 is 0 Å². The summed E-state index contributed by atoms with van der Waals surface area (Å²) in [6.45, 7) is 1.06. The maximum absolute atomic E-state index is 11.0. The highest BCUT2D eigenvalue weighted by atomic mass is 35.5. The number of nitro benzene ring substituents is 1. The third-order valence-electron chi connectivity index (χ3n) is 4.98. The number of rotatable bonds is 4. The van der Waals surface area contributed by atoms with Crippen molar-refractivity contribution < 1.29 is 4.92 Å². The lowest BCUT2D eigenvalue weighted by Gasteiger charge is -2.31. The Hall–Kier alpha value is -1.29. The highest BCUT2D eigenvalue weighted by Crippen LogP contribution is 2.38. The first kappa shape index (κ1) is 14.6. The molecule has 1 aromatic carbocycles. The smallest absolute Gasteiger partial charge is 0.273 e. The topological polar surface area (TPSA) is 46.4 Å². The van der Waals surface area contributed by atoms with Gasteiger partial charge in [-0.1, -0.05) is 12.8 Å². The van der Waals surface area contributed by atoms with Gasteiger partial charge >= 0.3 is 0 Å². The Balaban J connectivity index is 1.86. The predicted octanol–water partition coefficient (Wildman–Crippen LogP) is 4.49. The molecule has 1 unspecified atom stereocenters. The predicted molar refractivity (Wildman–Crippen MR) is 85.0 cm³/mol. The van der Waals surface area contributed by atoms with E-state index in [0.29, 0.717) is 11.6 Å². The molecule has 1 saturated carbocycles. The highest BCUT2D eigenvalue weighted by Gasteiger charge is 2.33. The summed E-state index contributed by atoms with van der Waals surface area (Å²) in [5.74, 6) is 0.980. The van der Waals surface area contributed by atoms with Crippen LogP contribution in [-0.4, -0.2) is 17.5 Å². The lowest BCUT2D eigenvalue weighted by atomic mass is 9.95. The molecule has 5 heteroatoms. The molecule has 1 saturated heterocycles. The number of benzene rings is 1. The lowest BCUT2D eigenvalue weighted by Crippen LogP contribution is -2.34. The van der Waals surface area contributed by atoms with Crippen molar-refractivity contribution in [2.24, 2.45) is 5.92 Å². The summed E-state index contributed by atoms with van der Waals surface area (Å²) in [6, 6.07) is 6.02. The van der Waals surface area contributed by atoms with Crippen LogP contribution in [0.3, 0.4) is 0 Å². The Morgan fingerprint density at radius 1 is 1.24 bits per heavy atom. The molecule has 21 heavy (non-hydrogen) atoms. The normalized spacial score (nSPS) is 22.9. The molecule has 2 fully saturated rings. The van der Waals surface area contributed by atoms with E-state index in [2.05, 4.69) is 4.90 Å². The van der Waals surface area contributed by atoms with E-state index in [9.17, 15) is 10.1 Å². The van der Waals surface area contributed by atoms with Crippen LogP contribution in [0.2, 0.25) is 0 Å². The van der Waals surface area contributed by atoms with E-state index in [1.165, 1.54) is 38.5 Å². The second-order valence-corrected chi connectivity index (χ2v) is 6.42. The lowest BCUT2D eigenvalue weighted by molar-refractivity contribution is -0.385. The van der Waals surface area contributed by atoms with Gasteiger partial charge in [-0.25, -0.2) is 0 Å². The van der Waals surface area contributed by atoms with Crippen molar-refractivity contribution >= 4 is 23.0 Å². The van der Waals surface area contributed by atoms with Gasteiger partial charge in [-0.05, 0) is 43.7 Å². The molecule has 2 aliphatic rings. The minimum atomic E-state index is -0.347. The highest BCUT2D eigenvalue weighted by molar-refractivity contribution is 6.17. The zero-order valence-corrected chi connectivity index (χ0v) is 12.9. The standard InChI is InChI=1S/C16H21ClN2O2/c17-11-13-10-14(7-8-16(13)19(20)21)18-9-3-6-15(18)12-4-1-2-5-12/h7-8,10,12,15H,1-6,9,11H2. The van der Waals surface area contributed by atoms with Crippen LogP contribution in [0, 0.1) is 16.0 Å². The second kappa shape index (κ2) is 6.22. The summed E-state index contributed by atoms with van der Waals surface area (Å²) >= 11 is 5.90. The average molecular weight is 309 g/mol. The van der Waals surface area contributed by atoms with Crippen molar-refractivity contribution in [2.75, 3.05) is 11.4 Å². The number of anilines is 1. The van der Waals surface area contributed by atoms with E-state index in [4.69, 9.17) is 11.6 Å². The van der Waals surface area contributed by atoms with Crippen molar-refractivity contribution in [1.82, 2.24) is 0 Å². The average Bonchev–Trinajstić information content (AvgIpc) is 3.16. The molecule has 114 valence electrons. The number of halogens is 1. The molecule has 0 aromatic heterocycles. The van der Waals surface area contributed by atoms with Crippen LogP contribution in [0.25, 0.3) is 0 Å². The summed E-state index contributed by atoms with van der Waals surface area (Å²) in [6.07, 6.45) is 7.82. The minimum Gasteiger partial charge on any atom is -0.368 e. The second-order valence-electron chi connectivity index (χ2n) is 6.15. The van der Waals surface area contributed by atoms with E-state index in [1.807, 2.05) is 12.1 Å².